The van der Waals surface area contributed by atoms with E-state index in [1.807, 2.05) is 24.3 Å². The van der Waals surface area contributed by atoms with Crippen LogP contribution in [0.5, 0.6) is 11.5 Å². The molecule has 0 aliphatic carbocycles. The largest absolute Gasteiger partial charge is 0.507 e. The predicted octanol–water partition coefficient (Wildman–Crippen LogP) is 4.76. The van der Waals surface area contributed by atoms with Crippen LogP contribution in [-0.2, 0) is 15.0 Å². The van der Waals surface area contributed by atoms with E-state index in [-0.39, 0.29) is 16.7 Å². The zero-order valence-corrected chi connectivity index (χ0v) is 22.4. The maximum Gasteiger partial charge on any atom is 0.295 e. The normalized spacial score (nSPS) is 17.7. The van der Waals surface area contributed by atoms with Crippen molar-refractivity contribution in [2.24, 2.45) is 0 Å². The van der Waals surface area contributed by atoms with Gasteiger partial charge in [-0.1, -0.05) is 52.8 Å². The summed E-state index contributed by atoms with van der Waals surface area (Å²) in [5, 5.41) is 11.6. The van der Waals surface area contributed by atoms with Crippen LogP contribution in [0.2, 0.25) is 0 Å². The molecule has 0 bridgehead atoms. The highest BCUT2D eigenvalue weighted by Crippen LogP contribution is 2.42. The van der Waals surface area contributed by atoms with E-state index in [4.69, 9.17) is 9.47 Å². The number of likely N-dealkylation sites (N-methyl/N-ethyl adjacent to an activating group) is 1. The Kier molecular flexibility index (Phi) is 8.46. The Balaban J connectivity index is 2.20. The summed E-state index contributed by atoms with van der Waals surface area (Å²) >= 11 is 0. The van der Waals surface area contributed by atoms with Gasteiger partial charge in [0.1, 0.15) is 17.3 Å². The van der Waals surface area contributed by atoms with Gasteiger partial charge >= 0.3 is 0 Å². The lowest BCUT2D eigenvalue weighted by atomic mass is 9.85. The smallest absolute Gasteiger partial charge is 0.295 e. The Morgan fingerprint density at radius 2 is 1.64 bits per heavy atom. The first-order valence-electron chi connectivity index (χ1n) is 12.4. The average molecular weight is 495 g/mol. The van der Waals surface area contributed by atoms with Crippen molar-refractivity contribution in [2.75, 3.05) is 40.4 Å². The molecule has 1 aliphatic rings. The Labute approximate surface area is 214 Å². The van der Waals surface area contributed by atoms with Crippen LogP contribution < -0.4 is 9.47 Å². The number of rotatable bonds is 9. The third-order valence-corrected chi connectivity index (χ3v) is 6.84. The summed E-state index contributed by atoms with van der Waals surface area (Å²) in [4.78, 5) is 30.5. The van der Waals surface area contributed by atoms with E-state index in [0.717, 1.165) is 24.2 Å². The predicted molar refractivity (Wildman–Crippen MR) is 141 cm³/mol. The molecule has 1 fully saturated rings. The van der Waals surface area contributed by atoms with E-state index in [9.17, 15) is 14.7 Å². The fourth-order valence-corrected chi connectivity index (χ4v) is 4.54. The van der Waals surface area contributed by atoms with Gasteiger partial charge in [-0.2, -0.15) is 0 Å². The molecule has 0 radical (unpaired) electrons. The lowest BCUT2D eigenvalue weighted by molar-refractivity contribution is -0.140. The van der Waals surface area contributed by atoms with E-state index in [1.165, 1.54) is 7.11 Å². The van der Waals surface area contributed by atoms with E-state index >= 15 is 0 Å². The summed E-state index contributed by atoms with van der Waals surface area (Å²) in [7, 11) is 3.10. The van der Waals surface area contributed by atoms with Crippen LogP contribution in [0.25, 0.3) is 5.76 Å². The minimum Gasteiger partial charge on any atom is -0.507 e. The molecule has 0 spiro atoms. The van der Waals surface area contributed by atoms with E-state index in [2.05, 4.69) is 39.5 Å². The molecular weight excluding hydrogens is 456 g/mol. The van der Waals surface area contributed by atoms with E-state index in [1.54, 1.807) is 30.2 Å². The summed E-state index contributed by atoms with van der Waals surface area (Å²) in [5.41, 5.74) is 1.97. The first kappa shape index (κ1) is 27.3. The zero-order chi connectivity index (χ0) is 26.6. The molecule has 1 saturated heterocycles. The van der Waals surface area contributed by atoms with E-state index in [0.29, 0.717) is 30.2 Å². The molecule has 194 valence electrons. The average Bonchev–Trinajstić information content (AvgIpc) is 3.13. The first-order chi connectivity index (χ1) is 17.1. The highest BCUT2D eigenvalue weighted by molar-refractivity contribution is 6.46. The molecule has 1 aliphatic heterocycles. The molecule has 1 amide bonds. The standard InChI is InChI=1S/C29H38N2O5/c1-8-30(9-2)16-17-31-25(19-10-13-21(35-6)14-11-19)24(27(33)28(31)34)26(32)22-18-20(29(3,4)5)12-15-23(22)36-7/h10-15,18,25,32H,8-9,16-17H2,1-7H3/b26-24+. The Morgan fingerprint density at radius 3 is 2.17 bits per heavy atom. The Morgan fingerprint density at radius 1 is 1.00 bits per heavy atom. The molecule has 3 rings (SSSR count). The lowest BCUT2D eigenvalue weighted by Crippen LogP contribution is -2.38. The fraction of sp³-hybridized carbons (Fsp3) is 0.448. The van der Waals surface area contributed by atoms with Gasteiger partial charge in [0, 0.05) is 13.1 Å². The summed E-state index contributed by atoms with van der Waals surface area (Å²) in [5.74, 6) is -0.448. The van der Waals surface area contributed by atoms with Crippen molar-refractivity contribution in [3.8, 4) is 11.5 Å². The van der Waals surface area contributed by atoms with Crippen LogP contribution in [0, 0.1) is 0 Å². The number of ketones is 1. The van der Waals surface area contributed by atoms with Gasteiger partial charge in [-0.3, -0.25) is 9.59 Å². The van der Waals surface area contributed by atoms with Crippen LogP contribution in [-0.4, -0.2) is 67.0 Å². The van der Waals surface area contributed by atoms with Gasteiger partial charge in [0.2, 0.25) is 0 Å². The highest BCUT2D eigenvalue weighted by Gasteiger charge is 2.46. The molecule has 2 aromatic rings. The van der Waals surface area contributed by atoms with Gasteiger partial charge in [0.15, 0.2) is 0 Å². The summed E-state index contributed by atoms with van der Waals surface area (Å²) < 4.78 is 10.8. The van der Waals surface area contributed by atoms with Gasteiger partial charge in [-0.05, 0) is 53.9 Å². The highest BCUT2D eigenvalue weighted by atomic mass is 16.5. The van der Waals surface area contributed by atoms with Crippen molar-refractivity contribution >= 4 is 17.4 Å². The number of hydrogen-bond acceptors (Lipinski definition) is 6. The van der Waals surface area contributed by atoms with Gasteiger partial charge in [0.05, 0.1) is 31.4 Å². The van der Waals surface area contributed by atoms with E-state index < -0.39 is 17.7 Å². The maximum atomic E-state index is 13.4. The molecule has 36 heavy (non-hydrogen) atoms. The van der Waals surface area contributed by atoms with Gasteiger partial charge in [-0.25, -0.2) is 0 Å². The van der Waals surface area contributed by atoms with Crippen molar-refractivity contribution in [3.63, 3.8) is 0 Å². The number of hydrogen-bond donors (Lipinski definition) is 1. The molecule has 0 aromatic heterocycles. The minimum atomic E-state index is -0.727. The number of carbonyl (C=O) groups excluding carboxylic acids is 2. The number of aliphatic hydroxyl groups is 1. The molecule has 0 saturated carbocycles. The number of nitrogens with zero attached hydrogens (tertiary/aromatic N) is 2. The zero-order valence-electron chi connectivity index (χ0n) is 22.4. The summed E-state index contributed by atoms with van der Waals surface area (Å²) in [6.45, 7) is 13.0. The summed E-state index contributed by atoms with van der Waals surface area (Å²) in [6.07, 6.45) is 0. The lowest BCUT2D eigenvalue weighted by Gasteiger charge is -2.28. The molecule has 7 heteroatoms. The number of Topliss-reactive ketones (excluding diaryl/α,β-unsaturated/α-hetero) is 1. The maximum absolute atomic E-state index is 13.4. The molecule has 1 heterocycles. The number of methoxy groups -OCH3 is 2. The van der Waals surface area contributed by atoms with Crippen molar-refractivity contribution in [3.05, 3.63) is 64.7 Å². The van der Waals surface area contributed by atoms with Crippen molar-refractivity contribution in [2.45, 2.75) is 46.1 Å². The van der Waals surface area contributed by atoms with Gasteiger partial charge in [-0.15, -0.1) is 0 Å². The monoisotopic (exact) mass is 494 g/mol. The molecular formula is C29H38N2O5. The van der Waals surface area contributed by atoms with Crippen LogP contribution in [0.3, 0.4) is 0 Å². The number of aliphatic hydroxyl groups excluding tert-OH is 1. The van der Waals surface area contributed by atoms with Crippen molar-refractivity contribution in [1.82, 2.24) is 9.80 Å². The third kappa shape index (κ3) is 5.41. The van der Waals surface area contributed by atoms with Crippen molar-refractivity contribution in [1.29, 1.82) is 0 Å². The number of carbonyl (C=O) groups is 2. The Bertz CT molecular complexity index is 1130. The molecule has 1 atom stereocenters. The second-order valence-electron chi connectivity index (χ2n) is 9.96. The number of benzene rings is 2. The third-order valence-electron chi connectivity index (χ3n) is 6.84. The van der Waals surface area contributed by atoms with Crippen LogP contribution in [0.4, 0.5) is 0 Å². The molecule has 2 aromatic carbocycles. The van der Waals surface area contributed by atoms with Gasteiger partial charge < -0.3 is 24.4 Å². The second kappa shape index (κ2) is 11.2. The van der Waals surface area contributed by atoms with Crippen LogP contribution in [0.15, 0.2) is 48.0 Å². The van der Waals surface area contributed by atoms with Crippen LogP contribution in [0.1, 0.15) is 57.4 Å². The number of ether oxygens (including phenoxy) is 2. The second-order valence-corrected chi connectivity index (χ2v) is 9.96. The van der Waals surface area contributed by atoms with Crippen molar-refractivity contribution < 1.29 is 24.2 Å². The fourth-order valence-electron chi connectivity index (χ4n) is 4.54. The summed E-state index contributed by atoms with van der Waals surface area (Å²) in [6, 6.07) is 12.1. The molecule has 1 unspecified atom stereocenters. The SMILES string of the molecule is CCN(CC)CCN1C(=O)C(=O)/C(=C(/O)c2cc(C(C)(C)C)ccc2OC)C1c1ccc(OC)cc1. The molecule has 1 N–H and O–H groups in total. The Hall–Kier alpha value is -3.32. The molecule has 7 nitrogen and oxygen atoms in total. The topological polar surface area (TPSA) is 79.3 Å². The minimum absolute atomic E-state index is 0.0640. The number of likely N-dealkylation sites (tertiary alicyclic amines) is 1. The first-order valence-corrected chi connectivity index (χ1v) is 12.4. The number of amides is 1. The van der Waals surface area contributed by atoms with Gasteiger partial charge in [0.25, 0.3) is 11.7 Å². The van der Waals surface area contributed by atoms with Crippen LogP contribution >= 0.6 is 0 Å². The quantitative estimate of drug-likeness (QED) is 0.308.